The molecule has 0 unspecified atom stereocenters. The van der Waals surface area contributed by atoms with E-state index >= 15 is 0 Å². The molecule has 0 saturated carbocycles. The van der Waals surface area contributed by atoms with Crippen molar-refractivity contribution in [2.24, 2.45) is 0 Å². The average Bonchev–Trinajstić information content (AvgIpc) is 2.67. The van der Waals surface area contributed by atoms with Crippen molar-refractivity contribution >= 4 is 17.0 Å². The third-order valence-corrected chi connectivity index (χ3v) is 3.25. The number of aromatic nitrogens is 1. The summed E-state index contributed by atoms with van der Waals surface area (Å²) in [5.41, 5.74) is 9.72. The number of anilines is 1. The molecule has 16 heavy (non-hydrogen) atoms. The molecule has 0 spiro atoms. The molecule has 1 heterocycles. The summed E-state index contributed by atoms with van der Waals surface area (Å²) in [4.78, 5) is 4.46. The second-order valence-electron chi connectivity index (χ2n) is 3.66. The Kier molecular flexibility index (Phi) is 2.83. The Morgan fingerprint density at radius 2 is 2.06 bits per heavy atom. The molecule has 3 nitrogen and oxygen atoms in total. The van der Waals surface area contributed by atoms with E-state index in [-0.39, 0.29) is 0 Å². The van der Waals surface area contributed by atoms with Gasteiger partial charge in [-0.25, -0.2) is 4.98 Å². The number of ether oxygens (including phenoxy) is 1. The van der Waals surface area contributed by atoms with Crippen LogP contribution in [-0.4, -0.2) is 12.1 Å². The van der Waals surface area contributed by atoms with Gasteiger partial charge in [0, 0.05) is 10.9 Å². The Bertz CT molecular complexity index is 520. The summed E-state index contributed by atoms with van der Waals surface area (Å²) in [6.45, 7) is 4.03. The van der Waals surface area contributed by atoms with Crippen LogP contribution in [0.15, 0.2) is 17.5 Å². The minimum atomic E-state index is 0.647. The molecule has 2 N–H and O–H groups in total. The van der Waals surface area contributed by atoms with Gasteiger partial charge in [0.05, 0.1) is 23.5 Å². The lowest BCUT2D eigenvalue weighted by Gasteiger charge is -2.09. The Hall–Kier alpha value is -1.55. The molecule has 0 aliphatic carbocycles. The second-order valence-corrected chi connectivity index (χ2v) is 4.72. The van der Waals surface area contributed by atoms with Crippen molar-refractivity contribution in [3.63, 3.8) is 0 Å². The number of nitrogens with zero attached hydrogens (tertiary/aromatic N) is 1. The van der Waals surface area contributed by atoms with E-state index in [1.54, 1.807) is 18.4 Å². The lowest BCUT2D eigenvalue weighted by atomic mass is 10.0. The monoisotopic (exact) mass is 234 g/mol. The normalized spacial score (nSPS) is 10.4. The van der Waals surface area contributed by atoms with Crippen molar-refractivity contribution in [3.8, 4) is 17.0 Å². The predicted molar refractivity (Wildman–Crippen MR) is 68.0 cm³/mol. The van der Waals surface area contributed by atoms with E-state index in [9.17, 15) is 0 Å². The van der Waals surface area contributed by atoms with Gasteiger partial charge in [0.2, 0.25) is 0 Å². The molecule has 1 aromatic carbocycles. The zero-order valence-electron chi connectivity index (χ0n) is 9.57. The molecule has 2 rings (SSSR count). The second kappa shape index (κ2) is 4.14. The maximum absolute atomic E-state index is 5.90. The van der Waals surface area contributed by atoms with E-state index < -0.39 is 0 Å². The highest BCUT2D eigenvalue weighted by Gasteiger charge is 2.09. The Balaban J connectivity index is 2.54. The molecule has 1 aromatic heterocycles. The van der Waals surface area contributed by atoms with Crippen molar-refractivity contribution in [3.05, 3.63) is 28.1 Å². The van der Waals surface area contributed by atoms with Gasteiger partial charge in [-0.05, 0) is 31.5 Å². The number of methoxy groups -OCH3 is 1. The van der Waals surface area contributed by atoms with Crippen LogP contribution in [-0.2, 0) is 0 Å². The smallest absolute Gasteiger partial charge is 0.142 e. The number of rotatable bonds is 2. The number of hydrogen-bond donors (Lipinski definition) is 1. The average molecular weight is 234 g/mol. The molecule has 4 heteroatoms. The highest BCUT2D eigenvalue weighted by molar-refractivity contribution is 7.09. The lowest BCUT2D eigenvalue weighted by molar-refractivity contribution is 0.416. The Morgan fingerprint density at radius 3 is 2.62 bits per heavy atom. The number of benzene rings is 1. The SMILES string of the molecule is COc1cc(C)c(-c2csc(C)n2)cc1N. The summed E-state index contributed by atoms with van der Waals surface area (Å²) in [6, 6.07) is 3.86. The summed E-state index contributed by atoms with van der Waals surface area (Å²) in [5.74, 6) is 0.716. The van der Waals surface area contributed by atoms with E-state index in [1.165, 1.54) is 0 Å². The first kappa shape index (κ1) is 11.0. The fourth-order valence-corrected chi connectivity index (χ4v) is 2.25. The molecule has 84 valence electrons. The molecule has 0 amide bonds. The number of hydrogen-bond acceptors (Lipinski definition) is 4. The molecule has 0 radical (unpaired) electrons. The van der Waals surface area contributed by atoms with Crippen LogP contribution >= 0.6 is 11.3 Å². The van der Waals surface area contributed by atoms with Crippen LogP contribution in [0.2, 0.25) is 0 Å². The maximum Gasteiger partial charge on any atom is 0.142 e. The van der Waals surface area contributed by atoms with Crippen LogP contribution in [0.3, 0.4) is 0 Å². The molecule has 2 aromatic rings. The van der Waals surface area contributed by atoms with Gasteiger partial charge in [0.25, 0.3) is 0 Å². The molecular weight excluding hydrogens is 220 g/mol. The first-order valence-electron chi connectivity index (χ1n) is 4.98. The van der Waals surface area contributed by atoms with E-state index in [0.29, 0.717) is 11.4 Å². The quantitative estimate of drug-likeness (QED) is 0.812. The van der Waals surface area contributed by atoms with Crippen LogP contribution in [0.4, 0.5) is 5.69 Å². The zero-order valence-corrected chi connectivity index (χ0v) is 10.4. The van der Waals surface area contributed by atoms with Crippen LogP contribution < -0.4 is 10.5 Å². The molecule has 0 aliphatic heterocycles. The standard InChI is InChI=1S/C12H14N2OS/c1-7-4-12(15-3)10(13)5-9(7)11-6-16-8(2)14-11/h4-6H,13H2,1-3H3. The topological polar surface area (TPSA) is 48.1 Å². The highest BCUT2D eigenvalue weighted by atomic mass is 32.1. The van der Waals surface area contributed by atoms with Gasteiger partial charge in [-0.3, -0.25) is 0 Å². The van der Waals surface area contributed by atoms with Gasteiger partial charge in [-0.1, -0.05) is 0 Å². The van der Waals surface area contributed by atoms with Crippen LogP contribution in [0.1, 0.15) is 10.6 Å². The number of nitrogen functional groups attached to an aromatic ring is 1. The van der Waals surface area contributed by atoms with Crippen molar-refractivity contribution in [1.29, 1.82) is 0 Å². The van der Waals surface area contributed by atoms with Crippen molar-refractivity contribution in [1.82, 2.24) is 4.98 Å². The van der Waals surface area contributed by atoms with Crippen molar-refractivity contribution in [2.45, 2.75) is 13.8 Å². The van der Waals surface area contributed by atoms with Crippen molar-refractivity contribution < 1.29 is 4.74 Å². The first-order chi connectivity index (χ1) is 7.61. The molecular formula is C12H14N2OS. The van der Waals surface area contributed by atoms with Gasteiger partial charge in [-0.15, -0.1) is 11.3 Å². The highest BCUT2D eigenvalue weighted by Crippen LogP contribution is 2.32. The molecule has 0 saturated heterocycles. The summed E-state index contributed by atoms with van der Waals surface area (Å²) in [6.07, 6.45) is 0. The summed E-state index contributed by atoms with van der Waals surface area (Å²) >= 11 is 1.64. The van der Waals surface area contributed by atoms with Gasteiger partial charge in [0.1, 0.15) is 5.75 Å². The lowest BCUT2D eigenvalue weighted by Crippen LogP contribution is -1.95. The van der Waals surface area contributed by atoms with Gasteiger partial charge < -0.3 is 10.5 Å². The fraction of sp³-hybridized carbons (Fsp3) is 0.250. The molecule has 0 atom stereocenters. The van der Waals surface area contributed by atoms with Crippen LogP contribution in [0.5, 0.6) is 5.75 Å². The number of aryl methyl sites for hydroxylation is 2. The fourth-order valence-electron chi connectivity index (χ4n) is 1.64. The molecule has 0 aliphatic rings. The van der Waals surface area contributed by atoms with E-state index in [0.717, 1.165) is 21.8 Å². The predicted octanol–water partition coefficient (Wildman–Crippen LogP) is 3.02. The third-order valence-electron chi connectivity index (χ3n) is 2.47. The first-order valence-corrected chi connectivity index (χ1v) is 5.86. The minimum absolute atomic E-state index is 0.647. The summed E-state index contributed by atoms with van der Waals surface area (Å²) in [5, 5.41) is 3.10. The summed E-state index contributed by atoms with van der Waals surface area (Å²) < 4.78 is 5.18. The minimum Gasteiger partial charge on any atom is -0.495 e. The largest absolute Gasteiger partial charge is 0.495 e. The summed E-state index contributed by atoms with van der Waals surface area (Å²) in [7, 11) is 1.62. The van der Waals surface area contributed by atoms with Crippen LogP contribution in [0, 0.1) is 13.8 Å². The van der Waals surface area contributed by atoms with E-state index in [4.69, 9.17) is 10.5 Å². The van der Waals surface area contributed by atoms with E-state index in [1.807, 2.05) is 31.4 Å². The van der Waals surface area contributed by atoms with Crippen LogP contribution in [0.25, 0.3) is 11.3 Å². The molecule has 0 bridgehead atoms. The molecule has 0 fully saturated rings. The zero-order chi connectivity index (χ0) is 11.7. The number of thiazole rings is 1. The van der Waals surface area contributed by atoms with E-state index in [2.05, 4.69) is 4.98 Å². The third kappa shape index (κ3) is 1.88. The van der Waals surface area contributed by atoms with Gasteiger partial charge in [-0.2, -0.15) is 0 Å². The van der Waals surface area contributed by atoms with Gasteiger partial charge >= 0.3 is 0 Å². The Morgan fingerprint density at radius 1 is 1.31 bits per heavy atom. The maximum atomic E-state index is 5.90. The number of nitrogens with two attached hydrogens (primary N) is 1. The van der Waals surface area contributed by atoms with Crippen molar-refractivity contribution in [2.75, 3.05) is 12.8 Å². The Labute approximate surface area is 98.9 Å². The van der Waals surface area contributed by atoms with Gasteiger partial charge in [0.15, 0.2) is 0 Å².